The first kappa shape index (κ1) is 24.2. The maximum Gasteiger partial charge on any atom is 0.422 e. The van der Waals surface area contributed by atoms with Gasteiger partial charge in [-0.05, 0) is 42.0 Å². The molecule has 0 fully saturated rings. The van der Waals surface area contributed by atoms with E-state index < -0.39 is 45.0 Å². The van der Waals surface area contributed by atoms with Crippen molar-refractivity contribution in [1.82, 2.24) is 10.3 Å². The summed E-state index contributed by atoms with van der Waals surface area (Å²) in [6.07, 6.45) is -1.66. The average Bonchev–Trinajstić information content (AvgIpc) is 3.26. The summed E-state index contributed by atoms with van der Waals surface area (Å²) in [7, 11) is -4.17. The standard InChI is InChI=1S/C23H16F4N2O5S/c24-18-6-5-17(10-19(18)33-13-23(25,26)27)35(31,32)16-3-1-14(2-4-16)11-29-22(30)20-9-15-7-8-28-12-21(15)34-20/h1-10,12H,11,13H2,(H,29,30). The molecule has 1 N–H and O–H groups in total. The highest BCUT2D eigenvalue weighted by atomic mass is 32.2. The van der Waals surface area contributed by atoms with E-state index in [1.165, 1.54) is 30.5 Å². The van der Waals surface area contributed by atoms with Crippen LogP contribution in [0.25, 0.3) is 11.0 Å². The van der Waals surface area contributed by atoms with Crippen molar-refractivity contribution in [2.75, 3.05) is 6.61 Å². The fourth-order valence-electron chi connectivity index (χ4n) is 3.11. The first-order valence-electron chi connectivity index (χ1n) is 9.98. The maximum atomic E-state index is 13.8. The lowest BCUT2D eigenvalue weighted by Crippen LogP contribution is -2.22. The van der Waals surface area contributed by atoms with Crippen LogP contribution in [0.3, 0.4) is 0 Å². The summed E-state index contributed by atoms with van der Waals surface area (Å²) in [5, 5.41) is 3.37. The van der Waals surface area contributed by atoms with E-state index in [9.17, 15) is 30.8 Å². The van der Waals surface area contributed by atoms with E-state index >= 15 is 0 Å². The smallest absolute Gasteiger partial charge is 0.422 e. The molecule has 4 aromatic rings. The van der Waals surface area contributed by atoms with Gasteiger partial charge in [-0.2, -0.15) is 13.2 Å². The van der Waals surface area contributed by atoms with Crippen molar-refractivity contribution >= 4 is 26.7 Å². The van der Waals surface area contributed by atoms with Crippen LogP contribution in [0.1, 0.15) is 16.1 Å². The Hall–Kier alpha value is -3.93. The van der Waals surface area contributed by atoms with E-state index in [2.05, 4.69) is 15.0 Å². The zero-order chi connectivity index (χ0) is 25.2. The summed E-state index contributed by atoms with van der Waals surface area (Å²) in [6.45, 7) is -1.70. The van der Waals surface area contributed by atoms with Crippen LogP contribution in [0, 0.1) is 5.82 Å². The number of halogens is 4. The lowest BCUT2D eigenvalue weighted by Gasteiger charge is -2.12. The number of sulfone groups is 1. The molecule has 0 aliphatic carbocycles. The molecule has 4 rings (SSSR count). The van der Waals surface area contributed by atoms with Crippen LogP contribution in [-0.2, 0) is 16.4 Å². The van der Waals surface area contributed by atoms with Crippen molar-refractivity contribution in [2.45, 2.75) is 22.5 Å². The number of furan rings is 1. The topological polar surface area (TPSA) is 98.5 Å². The minimum atomic E-state index is -4.71. The Labute approximate surface area is 196 Å². The molecule has 0 atom stereocenters. The lowest BCUT2D eigenvalue weighted by molar-refractivity contribution is -0.153. The molecule has 2 heterocycles. The summed E-state index contributed by atoms with van der Waals surface area (Å²) < 4.78 is 86.4. The predicted octanol–water partition coefficient (Wildman–Crippen LogP) is 4.67. The van der Waals surface area contributed by atoms with Crippen LogP contribution in [-0.4, -0.2) is 32.1 Å². The normalized spacial score (nSPS) is 12.0. The molecule has 2 aromatic heterocycles. The Morgan fingerprint density at radius 1 is 1.03 bits per heavy atom. The molecule has 12 heteroatoms. The Morgan fingerprint density at radius 3 is 2.43 bits per heavy atom. The molecule has 0 saturated heterocycles. The van der Waals surface area contributed by atoms with Gasteiger partial charge in [-0.1, -0.05) is 12.1 Å². The van der Waals surface area contributed by atoms with Gasteiger partial charge in [0.05, 0.1) is 16.0 Å². The lowest BCUT2D eigenvalue weighted by atomic mass is 10.2. The third-order valence-corrected chi connectivity index (χ3v) is 6.61. The fraction of sp³-hybridized carbons (Fsp3) is 0.130. The molecular weight excluding hydrogens is 492 g/mol. The molecule has 35 heavy (non-hydrogen) atoms. The van der Waals surface area contributed by atoms with Gasteiger partial charge in [0.1, 0.15) is 0 Å². The number of hydrogen-bond acceptors (Lipinski definition) is 6. The van der Waals surface area contributed by atoms with Gasteiger partial charge in [0.25, 0.3) is 5.91 Å². The largest absolute Gasteiger partial charge is 0.481 e. The van der Waals surface area contributed by atoms with Crippen LogP contribution >= 0.6 is 0 Å². The number of rotatable bonds is 7. The number of hydrogen-bond donors (Lipinski definition) is 1. The van der Waals surface area contributed by atoms with Gasteiger partial charge in [0.2, 0.25) is 9.84 Å². The number of carbonyl (C=O) groups is 1. The Bertz CT molecular complexity index is 1450. The first-order valence-corrected chi connectivity index (χ1v) is 11.5. The van der Waals surface area contributed by atoms with Crippen molar-refractivity contribution in [2.24, 2.45) is 0 Å². The van der Waals surface area contributed by atoms with Crippen LogP contribution in [0.2, 0.25) is 0 Å². The molecule has 0 spiro atoms. The predicted molar refractivity (Wildman–Crippen MR) is 115 cm³/mol. The molecule has 0 aliphatic heterocycles. The van der Waals surface area contributed by atoms with Crippen LogP contribution in [0.4, 0.5) is 17.6 Å². The zero-order valence-corrected chi connectivity index (χ0v) is 18.5. The van der Waals surface area contributed by atoms with Gasteiger partial charge < -0.3 is 14.5 Å². The van der Waals surface area contributed by atoms with Crippen molar-refractivity contribution in [3.63, 3.8) is 0 Å². The average molecular weight is 508 g/mol. The minimum absolute atomic E-state index is 0.0699. The van der Waals surface area contributed by atoms with Gasteiger partial charge in [-0.3, -0.25) is 9.78 Å². The highest BCUT2D eigenvalue weighted by molar-refractivity contribution is 7.91. The number of alkyl halides is 3. The molecular formula is C23H16F4N2O5S. The van der Waals surface area contributed by atoms with Crippen LogP contribution in [0.5, 0.6) is 5.75 Å². The molecule has 182 valence electrons. The number of amides is 1. The van der Waals surface area contributed by atoms with E-state index in [1.807, 2.05) is 0 Å². The van der Waals surface area contributed by atoms with E-state index in [4.69, 9.17) is 4.42 Å². The van der Waals surface area contributed by atoms with Crippen molar-refractivity contribution in [3.8, 4) is 5.75 Å². The van der Waals surface area contributed by atoms with Crippen molar-refractivity contribution in [3.05, 3.63) is 84.1 Å². The Kier molecular flexibility index (Phi) is 6.48. The summed E-state index contributed by atoms with van der Waals surface area (Å²) in [4.78, 5) is 15.6. The molecule has 0 bridgehead atoms. The number of ether oxygens (including phenoxy) is 1. The number of benzene rings is 2. The van der Waals surface area contributed by atoms with Crippen LogP contribution < -0.4 is 10.1 Å². The number of fused-ring (bicyclic) bond motifs is 1. The van der Waals surface area contributed by atoms with Crippen molar-refractivity contribution < 1.29 is 39.9 Å². The molecule has 0 saturated carbocycles. The van der Waals surface area contributed by atoms with E-state index in [-0.39, 0.29) is 17.2 Å². The third-order valence-electron chi connectivity index (χ3n) is 4.84. The number of aromatic nitrogens is 1. The molecule has 0 unspecified atom stereocenters. The maximum absolute atomic E-state index is 13.8. The number of carbonyl (C=O) groups excluding carboxylic acids is 1. The minimum Gasteiger partial charge on any atom is -0.481 e. The Morgan fingerprint density at radius 2 is 1.74 bits per heavy atom. The first-order chi connectivity index (χ1) is 16.5. The van der Waals surface area contributed by atoms with Gasteiger partial charge in [0.15, 0.2) is 29.5 Å². The summed E-state index contributed by atoms with van der Waals surface area (Å²) >= 11 is 0. The monoisotopic (exact) mass is 508 g/mol. The van der Waals surface area contributed by atoms with Gasteiger partial charge in [0, 0.05) is 24.2 Å². The van der Waals surface area contributed by atoms with Gasteiger partial charge in [-0.15, -0.1) is 0 Å². The van der Waals surface area contributed by atoms with Crippen molar-refractivity contribution in [1.29, 1.82) is 0 Å². The second kappa shape index (κ2) is 9.37. The van der Waals surface area contributed by atoms with E-state index in [0.29, 0.717) is 22.6 Å². The van der Waals surface area contributed by atoms with E-state index in [1.54, 1.807) is 18.3 Å². The molecule has 0 aliphatic rings. The molecule has 7 nitrogen and oxygen atoms in total. The highest BCUT2D eigenvalue weighted by Gasteiger charge is 2.29. The Balaban J connectivity index is 1.45. The second-order valence-electron chi connectivity index (χ2n) is 7.35. The zero-order valence-electron chi connectivity index (χ0n) is 17.7. The van der Waals surface area contributed by atoms with Gasteiger partial charge in [-0.25, -0.2) is 12.8 Å². The molecule has 1 amide bonds. The van der Waals surface area contributed by atoms with Gasteiger partial charge >= 0.3 is 6.18 Å². The fourth-order valence-corrected chi connectivity index (χ4v) is 4.39. The second-order valence-corrected chi connectivity index (χ2v) is 9.30. The quantitative estimate of drug-likeness (QED) is 0.288. The van der Waals surface area contributed by atoms with E-state index in [0.717, 1.165) is 12.1 Å². The van der Waals surface area contributed by atoms with Crippen LogP contribution in [0.15, 0.2) is 81.2 Å². The summed E-state index contributed by atoms with van der Waals surface area (Å²) in [5.74, 6) is -2.34. The third kappa shape index (κ3) is 5.60. The number of pyridine rings is 1. The summed E-state index contributed by atoms with van der Waals surface area (Å²) in [6, 6.07) is 11.1. The molecule has 2 aromatic carbocycles. The number of nitrogens with zero attached hydrogens (tertiary/aromatic N) is 1. The SMILES string of the molecule is O=C(NCc1ccc(S(=O)(=O)c2ccc(F)c(OCC(F)(F)F)c2)cc1)c1cc2ccncc2o1. The number of nitrogens with one attached hydrogen (secondary N) is 1. The summed E-state index contributed by atoms with van der Waals surface area (Å²) in [5.41, 5.74) is 1.03. The molecule has 0 radical (unpaired) electrons. The highest BCUT2D eigenvalue weighted by Crippen LogP contribution is 2.28.